The number of nitrogens with zero attached hydrogens (tertiary/aromatic N) is 3. The van der Waals surface area contributed by atoms with E-state index in [1.165, 1.54) is 17.3 Å². The molecule has 21 heavy (non-hydrogen) atoms. The molecule has 4 rings (SSSR count). The van der Waals surface area contributed by atoms with Gasteiger partial charge in [-0.3, -0.25) is 5.10 Å². The van der Waals surface area contributed by atoms with Gasteiger partial charge in [-0.25, -0.2) is 9.97 Å². The fourth-order valence-corrected chi connectivity index (χ4v) is 3.53. The molecule has 1 fully saturated rings. The molecule has 0 unspecified atom stereocenters. The molecule has 0 radical (unpaired) electrons. The normalized spacial score (nSPS) is 16.3. The van der Waals surface area contributed by atoms with E-state index in [4.69, 9.17) is 11.6 Å². The number of fused-ring (bicyclic) bond motifs is 1. The van der Waals surface area contributed by atoms with Crippen molar-refractivity contribution in [1.29, 1.82) is 0 Å². The Labute approximate surface area is 131 Å². The van der Waals surface area contributed by atoms with Crippen molar-refractivity contribution in [3.8, 4) is 0 Å². The van der Waals surface area contributed by atoms with Gasteiger partial charge in [-0.2, -0.15) is 5.10 Å². The molecule has 0 atom stereocenters. The van der Waals surface area contributed by atoms with Gasteiger partial charge >= 0.3 is 0 Å². The molecule has 1 aliphatic rings. The minimum Gasteiger partial charge on any atom is -0.260 e. The third-order valence-corrected chi connectivity index (χ3v) is 4.89. The van der Waals surface area contributed by atoms with Crippen LogP contribution in [0.25, 0.3) is 11.0 Å². The lowest BCUT2D eigenvalue weighted by molar-refractivity contribution is 0.799. The number of aromatic amines is 1. The van der Waals surface area contributed by atoms with Crippen molar-refractivity contribution >= 4 is 34.4 Å². The second-order valence-corrected chi connectivity index (χ2v) is 6.38. The van der Waals surface area contributed by atoms with Crippen LogP contribution in [0.3, 0.4) is 0 Å². The number of nitrogens with one attached hydrogen (secondary N) is 1. The zero-order valence-corrected chi connectivity index (χ0v) is 13.0. The predicted octanol–water partition coefficient (Wildman–Crippen LogP) is 3.81. The largest absolute Gasteiger partial charge is 0.260 e. The summed E-state index contributed by atoms with van der Waals surface area (Å²) < 4.78 is 0. The van der Waals surface area contributed by atoms with Gasteiger partial charge in [0.25, 0.3) is 0 Å². The van der Waals surface area contributed by atoms with E-state index in [1.54, 1.807) is 0 Å². The number of halogens is 1. The molecule has 6 heteroatoms. The van der Waals surface area contributed by atoms with Gasteiger partial charge in [-0.15, -0.1) is 0 Å². The van der Waals surface area contributed by atoms with Crippen molar-refractivity contribution in [2.75, 3.05) is 6.26 Å². The van der Waals surface area contributed by atoms with E-state index >= 15 is 0 Å². The van der Waals surface area contributed by atoms with Gasteiger partial charge in [0, 0.05) is 5.41 Å². The van der Waals surface area contributed by atoms with Crippen LogP contribution in [0.4, 0.5) is 0 Å². The molecule has 0 aliphatic heterocycles. The average Bonchev–Trinajstić information content (AvgIpc) is 3.21. The number of thioether (sulfide) groups is 1. The Bertz CT molecular complexity index is 811. The lowest BCUT2D eigenvalue weighted by Gasteiger charge is -2.13. The van der Waals surface area contributed by atoms with Gasteiger partial charge < -0.3 is 0 Å². The van der Waals surface area contributed by atoms with E-state index in [9.17, 15) is 0 Å². The minimum absolute atomic E-state index is 0.0343. The molecule has 106 valence electrons. The number of rotatable bonds is 3. The second-order valence-electron chi connectivity index (χ2n) is 5.25. The smallest absolute Gasteiger partial charge is 0.190 e. The number of hydrogen-bond donors (Lipinski definition) is 1. The molecule has 4 nitrogen and oxygen atoms in total. The van der Waals surface area contributed by atoms with Gasteiger partial charge in [0.05, 0.1) is 11.1 Å². The third kappa shape index (κ3) is 1.95. The molecule has 0 amide bonds. The summed E-state index contributed by atoms with van der Waals surface area (Å²) in [6.45, 7) is 0. The van der Waals surface area contributed by atoms with E-state index in [0.717, 1.165) is 29.6 Å². The van der Waals surface area contributed by atoms with Crippen molar-refractivity contribution in [2.45, 2.75) is 23.4 Å². The van der Waals surface area contributed by atoms with Crippen LogP contribution in [-0.2, 0) is 5.41 Å². The average molecular weight is 317 g/mol. The maximum atomic E-state index is 6.38. The van der Waals surface area contributed by atoms with Crippen molar-refractivity contribution in [3.63, 3.8) is 0 Å². The molecule has 0 bridgehead atoms. The number of H-pyrrole nitrogens is 1. The quantitative estimate of drug-likeness (QED) is 0.453. The Morgan fingerprint density at radius 2 is 1.95 bits per heavy atom. The zero-order chi connectivity index (χ0) is 14.4. The van der Waals surface area contributed by atoms with Crippen LogP contribution in [0.5, 0.6) is 0 Å². The first kappa shape index (κ1) is 13.1. The van der Waals surface area contributed by atoms with Crippen molar-refractivity contribution in [1.82, 2.24) is 20.2 Å². The SMILES string of the molecule is CSc1nc(Cl)c2c(C3(c4ccccc4)CC3)n[nH]c2n1. The number of hydrogen-bond acceptors (Lipinski definition) is 4. The first-order chi connectivity index (χ1) is 10.2. The lowest BCUT2D eigenvalue weighted by atomic mass is 9.91. The minimum atomic E-state index is -0.0343. The fourth-order valence-electron chi connectivity index (χ4n) is 2.85. The summed E-state index contributed by atoms with van der Waals surface area (Å²) in [5, 5.41) is 9.54. The first-order valence-corrected chi connectivity index (χ1v) is 8.36. The summed E-state index contributed by atoms with van der Waals surface area (Å²) in [5.74, 6) is 0. The molecular weight excluding hydrogens is 304 g/mol. The highest BCUT2D eigenvalue weighted by atomic mass is 35.5. The van der Waals surface area contributed by atoms with Crippen LogP contribution >= 0.6 is 23.4 Å². The standard InChI is InChI=1S/C15H13ClN4S/c1-21-14-17-12(16)10-11(19-20-13(10)18-14)15(7-8-15)9-5-3-2-4-6-9/h2-6H,7-8H2,1H3,(H,17,18,19,20). The van der Waals surface area contributed by atoms with E-state index < -0.39 is 0 Å². The molecule has 3 aromatic rings. The Kier molecular flexibility index (Phi) is 2.94. The Morgan fingerprint density at radius 1 is 1.19 bits per heavy atom. The number of benzene rings is 1. The highest BCUT2D eigenvalue weighted by Crippen LogP contribution is 2.54. The van der Waals surface area contributed by atoms with E-state index in [-0.39, 0.29) is 5.41 Å². The Hall–Kier alpha value is -1.59. The summed E-state index contributed by atoms with van der Waals surface area (Å²) in [6.07, 6.45) is 4.09. The Balaban J connectivity index is 1.92. The topological polar surface area (TPSA) is 54.5 Å². The maximum Gasteiger partial charge on any atom is 0.190 e. The van der Waals surface area contributed by atoms with Crippen molar-refractivity contribution in [2.24, 2.45) is 0 Å². The molecule has 1 aliphatic carbocycles. The maximum absolute atomic E-state index is 6.38. The van der Waals surface area contributed by atoms with Crippen LogP contribution in [0.15, 0.2) is 35.5 Å². The monoisotopic (exact) mass is 316 g/mol. The molecule has 1 aromatic carbocycles. The van der Waals surface area contributed by atoms with Gasteiger partial charge in [0.2, 0.25) is 0 Å². The van der Waals surface area contributed by atoms with E-state index in [0.29, 0.717) is 10.3 Å². The van der Waals surface area contributed by atoms with Crippen LogP contribution < -0.4 is 0 Å². The summed E-state index contributed by atoms with van der Waals surface area (Å²) in [7, 11) is 0. The molecule has 2 heterocycles. The summed E-state index contributed by atoms with van der Waals surface area (Å²) in [5.41, 5.74) is 2.94. The van der Waals surface area contributed by atoms with Crippen LogP contribution in [-0.4, -0.2) is 26.4 Å². The van der Waals surface area contributed by atoms with Gasteiger partial charge in [0.15, 0.2) is 10.8 Å². The first-order valence-electron chi connectivity index (χ1n) is 6.76. The van der Waals surface area contributed by atoms with E-state index in [1.807, 2.05) is 12.3 Å². The summed E-state index contributed by atoms with van der Waals surface area (Å²) in [4.78, 5) is 8.80. The predicted molar refractivity (Wildman–Crippen MR) is 84.9 cm³/mol. The number of aromatic nitrogens is 4. The molecule has 1 saturated carbocycles. The molecule has 0 saturated heterocycles. The van der Waals surface area contributed by atoms with Gasteiger partial charge in [-0.05, 0) is 24.7 Å². The van der Waals surface area contributed by atoms with E-state index in [2.05, 4.69) is 44.4 Å². The highest BCUT2D eigenvalue weighted by Gasteiger charge is 2.49. The van der Waals surface area contributed by atoms with Gasteiger partial charge in [-0.1, -0.05) is 53.7 Å². The summed E-state index contributed by atoms with van der Waals surface area (Å²) in [6, 6.07) is 10.5. The molecule has 2 aromatic heterocycles. The second kappa shape index (κ2) is 4.71. The molecule has 1 N–H and O–H groups in total. The van der Waals surface area contributed by atoms with Crippen molar-refractivity contribution in [3.05, 3.63) is 46.7 Å². The zero-order valence-electron chi connectivity index (χ0n) is 11.4. The molecular formula is C15H13ClN4S. The lowest BCUT2D eigenvalue weighted by Crippen LogP contribution is -2.09. The van der Waals surface area contributed by atoms with Crippen LogP contribution in [0.1, 0.15) is 24.1 Å². The van der Waals surface area contributed by atoms with Crippen LogP contribution in [0, 0.1) is 0 Å². The molecule has 0 spiro atoms. The van der Waals surface area contributed by atoms with Crippen molar-refractivity contribution < 1.29 is 0 Å². The van der Waals surface area contributed by atoms with Gasteiger partial charge in [0.1, 0.15) is 5.15 Å². The highest BCUT2D eigenvalue weighted by molar-refractivity contribution is 7.98. The van der Waals surface area contributed by atoms with Crippen LogP contribution in [0.2, 0.25) is 5.15 Å². The fraction of sp³-hybridized carbons (Fsp3) is 0.267. The third-order valence-electron chi connectivity index (χ3n) is 4.07. The Morgan fingerprint density at radius 3 is 2.62 bits per heavy atom. The summed E-state index contributed by atoms with van der Waals surface area (Å²) >= 11 is 7.86.